The van der Waals surface area contributed by atoms with Gasteiger partial charge in [-0.05, 0) is 25.5 Å². The number of anilines is 2. The second-order valence-corrected chi connectivity index (χ2v) is 4.18. The molecule has 0 aliphatic carbocycles. The zero-order valence-corrected chi connectivity index (χ0v) is 9.22. The summed E-state index contributed by atoms with van der Waals surface area (Å²) < 4.78 is 0. The number of nitrogens with two attached hydrogens (primary N) is 1. The van der Waals surface area contributed by atoms with Gasteiger partial charge >= 0.3 is 0 Å². The average molecular weight is 227 g/mol. The summed E-state index contributed by atoms with van der Waals surface area (Å²) in [5, 5.41) is 7.09. The number of rotatable bonds is 2. The molecule has 1 atom stereocenters. The molecule has 0 radical (unpaired) electrons. The molecule has 1 aliphatic heterocycles. The molecule has 0 spiro atoms. The number of pyridine rings is 1. The summed E-state index contributed by atoms with van der Waals surface area (Å²) in [6.45, 7) is 2.07. The maximum Gasteiger partial charge on any atom is 0.133 e. The predicted molar refractivity (Wildman–Crippen MR) is 63.2 cm³/mol. The van der Waals surface area contributed by atoms with E-state index in [0.717, 1.165) is 25.3 Å². The molecule has 1 unspecified atom stereocenters. The van der Waals surface area contributed by atoms with Crippen LogP contribution in [0.4, 0.5) is 11.5 Å². The quantitative estimate of drug-likeness (QED) is 0.669. The van der Waals surface area contributed by atoms with E-state index in [0.29, 0.717) is 16.9 Å². The Morgan fingerprint density at radius 2 is 2.40 bits per heavy atom. The molecule has 0 amide bonds. The fourth-order valence-electron chi connectivity index (χ4n) is 1.77. The minimum atomic E-state index is 0.420. The zero-order valence-electron chi connectivity index (χ0n) is 8.46. The Bertz CT molecular complexity index is 316. The Morgan fingerprint density at radius 1 is 1.53 bits per heavy atom. The van der Waals surface area contributed by atoms with Gasteiger partial charge in [-0.1, -0.05) is 11.6 Å². The van der Waals surface area contributed by atoms with Crippen LogP contribution in [0.2, 0.25) is 5.15 Å². The third kappa shape index (κ3) is 2.97. The van der Waals surface area contributed by atoms with E-state index in [1.807, 2.05) is 0 Å². The van der Waals surface area contributed by atoms with Crippen LogP contribution in [0.3, 0.4) is 0 Å². The molecule has 1 aromatic rings. The lowest BCUT2D eigenvalue weighted by Gasteiger charge is -2.24. The molecule has 1 saturated heterocycles. The number of aromatic nitrogens is 1. The van der Waals surface area contributed by atoms with Crippen LogP contribution >= 0.6 is 11.6 Å². The first-order valence-corrected chi connectivity index (χ1v) is 5.52. The van der Waals surface area contributed by atoms with Crippen molar-refractivity contribution >= 4 is 23.1 Å². The maximum atomic E-state index is 5.82. The van der Waals surface area contributed by atoms with Crippen molar-refractivity contribution in [3.05, 3.63) is 17.3 Å². The van der Waals surface area contributed by atoms with Gasteiger partial charge in [0, 0.05) is 24.3 Å². The Hall–Kier alpha value is -1.00. The Morgan fingerprint density at radius 3 is 3.07 bits per heavy atom. The monoisotopic (exact) mass is 226 g/mol. The number of nitrogen functional groups attached to an aromatic ring is 1. The zero-order chi connectivity index (χ0) is 10.7. The second kappa shape index (κ2) is 4.68. The highest BCUT2D eigenvalue weighted by molar-refractivity contribution is 6.29. The lowest BCUT2D eigenvalue weighted by molar-refractivity contribution is 0.479. The largest absolute Gasteiger partial charge is 0.399 e. The van der Waals surface area contributed by atoms with E-state index in [1.54, 1.807) is 12.1 Å². The summed E-state index contributed by atoms with van der Waals surface area (Å²) in [5.41, 5.74) is 6.32. The van der Waals surface area contributed by atoms with Gasteiger partial charge in [0.2, 0.25) is 0 Å². The minimum Gasteiger partial charge on any atom is -0.399 e. The topological polar surface area (TPSA) is 63.0 Å². The third-order valence-corrected chi connectivity index (χ3v) is 2.66. The van der Waals surface area contributed by atoms with E-state index in [4.69, 9.17) is 17.3 Å². The average Bonchev–Trinajstić information content (AvgIpc) is 2.17. The van der Waals surface area contributed by atoms with Gasteiger partial charge in [0.25, 0.3) is 0 Å². The lowest BCUT2D eigenvalue weighted by Crippen LogP contribution is -2.38. The fourth-order valence-corrected chi connectivity index (χ4v) is 1.99. The van der Waals surface area contributed by atoms with Gasteiger partial charge in [-0.25, -0.2) is 4.98 Å². The standard InChI is InChI=1S/C10H15ClN4/c11-9-4-7(12)5-10(15-9)14-8-2-1-3-13-6-8/h4-5,8,13H,1-3,6H2,(H3,12,14,15). The van der Waals surface area contributed by atoms with Gasteiger partial charge in [-0.3, -0.25) is 0 Å². The number of nitrogens with one attached hydrogen (secondary N) is 2. The molecule has 15 heavy (non-hydrogen) atoms. The molecule has 0 bridgehead atoms. The van der Waals surface area contributed by atoms with Gasteiger partial charge in [0.15, 0.2) is 0 Å². The number of nitrogens with zero attached hydrogens (tertiary/aromatic N) is 1. The number of piperidine rings is 1. The maximum absolute atomic E-state index is 5.82. The van der Waals surface area contributed by atoms with Crippen molar-refractivity contribution in [1.29, 1.82) is 0 Å². The van der Waals surface area contributed by atoms with E-state index in [9.17, 15) is 0 Å². The lowest BCUT2D eigenvalue weighted by atomic mass is 10.1. The van der Waals surface area contributed by atoms with Crippen LogP contribution in [-0.4, -0.2) is 24.1 Å². The summed E-state index contributed by atoms with van der Waals surface area (Å²) in [4.78, 5) is 4.17. The summed E-state index contributed by atoms with van der Waals surface area (Å²) in [5.74, 6) is 0.758. The molecule has 4 nitrogen and oxygen atoms in total. The highest BCUT2D eigenvalue weighted by atomic mass is 35.5. The SMILES string of the molecule is Nc1cc(Cl)nc(NC2CCCNC2)c1. The highest BCUT2D eigenvalue weighted by Gasteiger charge is 2.13. The molecule has 4 N–H and O–H groups in total. The molecule has 82 valence electrons. The van der Waals surface area contributed by atoms with Crippen molar-refractivity contribution in [2.45, 2.75) is 18.9 Å². The van der Waals surface area contributed by atoms with Crippen LogP contribution in [0.5, 0.6) is 0 Å². The van der Waals surface area contributed by atoms with Crippen LogP contribution < -0.4 is 16.4 Å². The van der Waals surface area contributed by atoms with Gasteiger partial charge in [0.05, 0.1) is 0 Å². The van der Waals surface area contributed by atoms with Crippen molar-refractivity contribution in [2.75, 3.05) is 24.1 Å². The van der Waals surface area contributed by atoms with Gasteiger partial charge in [0.1, 0.15) is 11.0 Å². The predicted octanol–water partition coefficient (Wildman–Crippen LogP) is 1.48. The molecular weight excluding hydrogens is 212 g/mol. The van der Waals surface area contributed by atoms with Crippen LogP contribution in [0.25, 0.3) is 0 Å². The van der Waals surface area contributed by atoms with Crippen molar-refractivity contribution in [3.63, 3.8) is 0 Å². The minimum absolute atomic E-state index is 0.420. The van der Waals surface area contributed by atoms with Gasteiger partial charge < -0.3 is 16.4 Å². The van der Waals surface area contributed by atoms with E-state index >= 15 is 0 Å². The van der Waals surface area contributed by atoms with Crippen molar-refractivity contribution in [3.8, 4) is 0 Å². The van der Waals surface area contributed by atoms with E-state index in [-0.39, 0.29) is 0 Å². The molecule has 1 aromatic heterocycles. The number of hydrogen-bond acceptors (Lipinski definition) is 4. The summed E-state index contributed by atoms with van der Waals surface area (Å²) in [7, 11) is 0. The first kappa shape index (κ1) is 10.5. The first-order chi connectivity index (χ1) is 7.24. The van der Waals surface area contributed by atoms with Crippen LogP contribution in [-0.2, 0) is 0 Å². The van der Waals surface area contributed by atoms with E-state index in [2.05, 4.69) is 15.6 Å². The van der Waals surface area contributed by atoms with Crippen molar-refractivity contribution < 1.29 is 0 Å². The molecule has 1 aliphatic rings. The summed E-state index contributed by atoms with van der Waals surface area (Å²) in [6.07, 6.45) is 2.34. The van der Waals surface area contributed by atoms with E-state index in [1.165, 1.54) is 6.42 Å². The first-order valence-electron chi connectivity index (χ1n) is 5.14. The number of halogens is 1. The molecular formula is C10H15ClN4. The molecule has 5 heteroatoms. The summed E-state index contributed by atoms with van der Waals surface area (Å²) >= 11 is 5.82. The Balaban J connectivity index is 2.02. The fraction of sp³-hybridized carbons (Fsp3) is 0.500. The van der Waals surface area contributed by atoms with Gasteiger partial charge in [-0.2, -0.15) is 0 Å². The second-order valence-electron chi connectivity index (χ2n) is 3.80. The van der Waals surface area contributed by atoms with Gasteiger partial charge in [-0.15, -0.1) is 0 Å². The van der Waals surface area contributed by atoms with Crippen LogP contribution in [0, 0.1) is 0 Å². The van der Waals surface area contributed by atoms with E-state index < -0.39 is 0 Å². The van der Waals surface area contributed by atoms with Crippen LogP contribution in [0.15, 0.2) is 12.1 Å². The third-order valence-electron chi connectivity index (χ3n) is 2.47. The Labute approximate surface area is 94.2 Å². The molecule has 2 heterocycles. The molecule has 0 saturated carbocycles. The number of hydrogen-bond donors (Lipinski definition) is 3. The molecule has 2 rings (SSSR count). The highest BCUT2D eigenvalue weighted by Crippen LogP contribution is 2.17. The van der Waals surface area contributed by atoms with Crippen LogP contribution in [0.1, 0.15) is 12.8 Å². The summed E-state index contributed by atoms with van der Waals surface area (Å²) in [6, 6.07) is 3.87. The smallest absolute Gasteiger partial charge is 0.133 e. The molecule has 1 fully saturated rings. The Kier molecular flexibility index (Phi) is 3.28. The molecule has 0 aromatic carbocycles. The van der Waals surface area contributed by atoms with Crippen molar-refractivity contribution in [2.24, 2.45) is 0 Å². The normalized spacial score (nSPS) is 21.3. The van der Waals surface area contributed by atoms with Crippen molar-refractivity contribution in [1.82, 2.24) is 10.3 Å².